The van der Waals surface area contributed by atoms with Crippen LogP contribution in [0.25, 0.3) is 0 Å². The standard InChI is InChI=1S/C11H23N/c1-4-10-7-12-8-11(10)6-5-9(2)3/h9-12H,4-8H2,1-3H3. The predicted octanol–water partition coefficient (Wildman–Crippen LogP) is 2.67. The molecule has 0 aliphatic carbocycles. The second kappa shape index (κ2) is 4.86. The molecule has 1 nitrogen and oxygen atoms in total. The van der Waals surface area contributed by atoms with Crippen molar-refractivity contribution >= 4 is 0 Å². The van der Waals surface area contributed by atoms with Crippen LogP contribution in [0.15, 0.2) is 0 Å². The largest absolute Gasteiger partial charge is 0.316 e. The van der Waals surface area contributed by atoms with Crippen LogP contribution in [0.4, 0.5) is 0 Å². The van der Waals surface area contributed by atoms with Crippen molar-refractivity contribution in [2.24, 2.45) is 17.8 Å². The van der Waals surface area contributed by atoms with Crippen LogP contribution < -0.4 is 5.32 Å². The Labute approximate surface area is 76.9 Å². The fraction of sp³-hybridized carbons (Fsp3) is 1.00. The Morgan fingerprint density at radius 3 is 2.50 bits per heavy atom. The second-order valence-electron chi connectivity index (χ2n) is 4.56. The topological polar surface area (TPSA) is 12.0 Å². The van der Waals surface area contributed by atoms with Gasteiger partial charge in [-0.1, -0.05) is 33.6 Å². The molecule has 2 unspecified atom stereocenters. The monoisotopic (exact) mass is 169 g/mol. The second-order valence-corrected chi connectivity index (χ2v) is 4.56. The fourth-order valence-corrected chi connectivity index (χ4v) is 2.15. The molecule has 0 amide bonds. The molecule has 1 aliphatic rings. The fourth-order valence-electron chi connectivity index (χ4n) is 2.15. The Balaban J connectivity index is 2.21. The summed E-state index contributed by atoms with van der Waals surface area (Å²) in [6.07, 6.45) is 4.20. The lowest BCUT2D eigenvalue weighted by Gasteiger charge is -2.17. The average molecular weight is 169 g/mol. The van der Waals surface area contributed by atoms with Gasteiger partial charge in [-0.05, 0) is 37.3 Å². The van der Waals surface area contributed by atoms with E-state index in [4.69, 9.17) is 0 Å². The van der Waals surface area contributed by atoms with Gasteiger partial charge in [-0.3, -0.25) is 0 Å². The van der Waals surface area contributed by atoms with Crippen LogP contribution >= 0.6 is 0 Å². The first-order valence-electron chi connectivity index (χ1n) is 5.44. The molecule has 0 saturated carbocycles. The molecule has 0 spiro atoms. The first-order chi connectivity index (χ1) is 5.74. The highest BCUT2D eigenvalue weighted by molar-refractivity contribution is 4.80. The van der Waals surface area contributed by atoms with Crippen molar-refractivity contribution < 1.29 is 0 Å². The van der Waals surface area contributed by atoms with Crippen LogP contribution in [0, 0.1) is 17.8 Å². The van der Waals surface area contributed by atoms with Crippen LogP contribution in [-0.2, 0) is 0 Å². The lowest BCUT2D eigenvalue weighted by molar-refractivity contribution is 0.353. The first-order valence-corrected chi connectivity index (χ1v) is 5.44. The molecule has 1 aliphatic heterocycles. The molecule has 1 heteroatoms. The van der Waals surface area contributed by atoms with Gasteiger partial charge in [0.05, 0.1) is 0 Å². The zero-order chi connectivity index (χ0) is 8.97. The summed E-state index contributed by atoms with van der Waals surface area (Å²) < 4.78 is 0. The van der Waals surface area contributed by atoms with E-state index in [2.05, 4.69) is 26.1 Å². The van der Waals surface area contributed by atoms with Gasteiger partial charge in [0, 0.05) is 0 Å². The molecule has 0 radical (unpaired) electrons. The lowest BCUT2D eigenvalue weighted by atomic mass is 9.88. The SMILES string of the molecule is CCC1CNCC1CCC(C)C. The summed E-state index contributed by atoms with van der Waals surface area (Å²) in [5.41, 5.74) is 0. The smallest absolute Gasteiger partial charge is 0.00173 e. The van der Waals surface area contributed by atoms with E-state index in [9.17, 15) is 0 Å². The molecule has 1 saturated heterocycles. The van der Waals surface area contributed by atoms with Gasteiger partial charge in [0.15, 0.2) is 0 Å². The summed E-state index contributed by atoms with van der Waals surface area (Å²) in [6.45, 7) is 9.50. The molecule has 1 N–H and O–H groups in total. The van der Waals surface area contributed by atoms with Crippen LogP contribution in [0.2, 0.25) is 0 Å². The average Bonchev–Trinajstić information content (AvgIpc) is 2.47. The zero-order valence-electron chi connectivity index (χ0n) is 8.77. The van der Waals surface area contributed by atoms with E-state index < -0.39 is 0 Å². The number of nitrogens with one attached hydrogen (secondary N) is 1. The third kappa shape index (κ3) is 2.78. The molecule has 1 rings (SSSR count). The van der Waals surface area contributed by atoms with Crippen LogP contribution in [-0.4, -0.2) is 13.1 Å². The minimum Gasteiger partial charge on any atom is -0.316 e. The van der Waals surface area contributed by atoms with Crippen LogP contribution in [0.1, 0.15) is 40.0 Å². The number of hydrogen-bond acceptors (Lipinski definition) is 1. The molecular weight excluding hydrogens is 146 g/mol. The Hall–Kier alpha value is -0.0400. The Morgan fingerprint density at radius 2 is 1.92 bits per heavy atom. The van der Waals surface area contributed by atoms with Crippen molar-refractivity contribution in [2.45, 2.75) is 40.0 Å². The number of rotatable bonds is 4. The minimum absolute atomic E-state index is 0.878. The van der Waals surface area contributed by atoms with Crippen molar-refractivity contribution in [3.8, 4) is 0 Å². The van der Waals surface area contributed by atoms with Crippen molar-refractivity contribution in [3.05, 3.63) is 0 Å². The maximum Gasteiger partial charge on any atom is -0.00173 e. The molecule has 0 bridgehead atoms. The Kier molecular flexibility index (Phi) is 4.07. The van der Waals surface area contributed by atoms with Gasteiger partial charge in [0.25, 0.3) is 0 Å². The minimum atomic E-state index is 0.878. The Bertz CT molecular complexity index is 120. The van der Waals surface area contributed by atoms with E-state index in [-0.39, 0.29) is 0 Å². The van der Waals surface area contributed by atoms with Crippen LogP contribution in [0.3, 0.4) is 0 Å². The molecule has 2 atom stereocenters. The third-order valence-electron chi connectivity index (χ3n) is 3.12. The molecular formula is C11H23N. The highest BCUT2D eigenvalue weighted by Crippen LogP contribution is 2.25. The van der Waals surface area contributed by atoms with E-state index in [1.165, 1.54) is 32.4 Å². The lowest BCUT2D eigenvalue weighted by Crippen LogP contribution is -2.12. The summed E-state index contributed by atoms with van der Waals surface area (Å²) in [4.78, 5) is 0. The summed E-state index contributed by atoms with van der Waals surface area (Å²) >= 11 is 0. The summed E-state index contributed by atoms with van der Waals surface area (Å²) in [5.74, 6) is 2.81. The maximum absolute atomic E-state index is 3.50. The quantitative estimate of drug-likeness (QED) is 0.682. The van der Waals surface area contributed by atoms with Gasteiger partial charge < -0.3 is 5.32 Å². The molecule has 1 heterocycles. The molecule has 12 heavy (non-hydrogen) atoms. The molecule has 0 aromatic carbocycles. The summed E-state index contributed by atoms with van der Waals surface area (Å²) in [5, 5.41) is 3.50. The van der Waals surface area contributed by atoms with E-state index in [1.54, 1.807) is 0 Å². The molecule has 1 fully saturated rings. The normalized spacial score (nSPS) is 30.0. The highest BCUT2D eigenvalue weighted by Gasteiger charge is 2.24. The van der Waals surface area contributed by atoms with Gasteiger partial charge in [-0.15, -0.1) is 0 Å². The van der Waals surface area contributed by atoms with Crippen molar-refractivity contribution in [3.63, 3.8) is 0 Å². The van der Waals surface area contributed by atoms with Gasteiger partial charge in [0.1, 0.15) is 0 Å². The number of hydrogen-bond donors (Lipinski definition) is 1. The van der Waals surface area contributed by atoms with E-state index in [0.717, 1.165) is 17.8 Å². The van der Waals surface area contributed by atoms with Gasteiger partial charge in [-0.2, -0.15) is 0 Å². The van der Waals surface area contributed by atoms with Crippen LogP contribution in [0.5, 0.6) is 0 Å². The third-order valence-corrected chi connectivity index (χ3v) is 3.12. The van der Waals surface area contributed by atoms with Crippen molar-refractivity contribution in [2.75, 3.05) is 13.1 Å². The van der Waals surface area contributed by atoms with Gasteiger partial charge in [-0.25, -0.2) is 0 Å². The highest BCUT2D eigenvalue weighted by atomic mass is 14.9. The van der Waals surface area contributed by atoms with Crippen molar-refractivity contribution in [1.29, 1.82) is 0 Å². The summed E-state index contributed by atoms with van der Waals surface area (Å²) in [6, 6.07) is 0. The Morgan fingerprint density at radius 1 is 1.25 bits per heavy atom. The molecule has 0 aromatic heterocycles. The van der Waals surface area contributed by atoms with E-state index in [0.29, 0.717) is 0 Å². The van der Waals surface area contributed by atoms with Gasteiger partial charge >= 0.3 is 0 Å². The molecule has 0 aromatic rings. The van der Waals surface area contributed by atoms with Gasteiger partial charge in [0.2, 0.25) is 0 Å². The maximum atomic E-state index is 3.50. The van der Waals surface area contributed by atoms with E-state index >= 15 is 0 Å². The zero-order valence-corrected chi connectivity index (χ0v) is 8.77. The molecule has 72 valence electrons. The van der Waals surface area contributed by atoms with E-state index in [1.807, 2.05) is 0 Å². The summed E-state index contributed by atoms with van der Waals surface area (Å²) in [7, 11) is 0. The first kappa shape index (κ1) is 10.0. The van der Waals surface area contributed by atoms with Crippen molar-refractivity contribution in [1.82, 2.24) is 5.32 Å². The predicted molar refractivity (Wildman–Crippen MR) is 54.2 cm³/mol.